The number of nitrogens with zero attached hydrogens (tertiary/aromatic N) is 1. The van der Waals surface area contributed by atoms with Gasteiger partial charge in [-0.2, -0.15) is 0 Å². The molecule has 0 saturated carbocycles. The molecular formula is C24H20NO+. The van der Waals surface area contributed by atoms with Crippen molar-refractivity contribution in [2.24, 2.45) is 7.05 Å². The highest BCUT2D eigenvalue weighted by Crippen LogP contribution is 2.38. The number of pyridine rings is 1. The van der Waals surface area contributed by atoms with E-state index in [1.165, 1.54) is 0 Å². The molecule has 5 rings (SSSR count). The Labute approximate surface area is 156 Å². The Balaban J connectivity index is 1.80. The molecule has 0 fully saturated rings. The zero-order valence-corrected chi connectivity index (χ0v) is 14.7. The second kappa shape index (κ2) is 5.43. The molecule has 0 bridgehead atoms. The third-order valence-electron chi connectivity index (χ3n) is 5.21. The fourth-order valence-corrected chi connectivity index (χ4v) is 3.82. The summed E-state index contributed by atoms with van der Waals surface area (Å²) >= 11 is 0. The molecule has 126 valence electrons. The second-order valence-electron chi connectivity index (χ2n) is 6.79. The zero-order valence-electron chi connectivity index (χ0n) is 17.7. The molecule has 26 heavy (non-hydrogen) atoms. The summed E-state index contributed by atoms with van der Waals surface area (Å²) in [6.07, 6.45) is 1.80. The summed E-state index contributed by atoms with van der Waals surface area (Å²) in [5, 5.41) is 4.40. The van der Waals surface area contributed by atoms with Crippen molar-refractivity contribution in [3.8, 4) is 11.3 Å². The van der Waals surface area contributed by atoms with Crippen molar-refractivity contribution < 1.29 is 13.1 Å². The Kier molecular flexibility index (Phi) is 2.56. The molecule has 2 heterocycles. The van der Waals surface area contributed by atoms with Crippen molar-refractivity contribution in [2.45, 2.75) is 13.8 Å². The number of aromatic nitrogens is 1. The Morgan fingerprint density at radius 1 is 0.885 bits per heavy atom. The van der Waals surface area contributed by atoms with Gasteiger partial charge in [0.15, 0.2) is 6.20 Å². The van der Waals surface area contributed by atoms with Crippen LogP contribution in [0, 0.1) is 13.8 Å². The number of fused-ring (bicyclic) bond motifs is 5. The molecule has 0 unspecified atom stereocenters. The second-order valence-corrected chi connectivity index (χ2v) is 6.79. The van der Waals surface area contributed by atoms with E-state index in [-0.39, 0.29) is 0 Å². The van der Waals surface area contributed by atoms with Gasteiger partial charge >= 0.3 is 0 Å². The van der Waals surface area contributed by atoms with Crippen molar-refractivity contribution in [1.29, 1.82) is 0 Å². The summed E-state index contributed by atoms with van der Waals surface area (Å²) in [5.74, 6) is 0. The third kappa shape index (κ3) is 2.08. The molecule has 2 nitrogen and oxygen atoms in total. The van der Waals surface area contributed by atoms with Crippen LogP contribution in [0.5, 0.6) is 0 Å². The van der Waals surface area contributed by atoms with Crippen LogP contribution in [-0.4, -0.2) is 0 Å². The summed E-state index contributed by atoms with van der Waals surface area (Å²) in [7, 11) is 1.93. The smallest absolute Gasteiger partial charge is 0.212 e. The monoisotopic (exact) mass is 341 g/mol. The quantitative estimate of drug-likeness (QED) is 0.350. The van der Waals surface area contributed by atoms with E-state index >= 15 is 0 Å². The van der Waals surface area contributed by atoms with E-state index in [9.17, 15) is 0 Å². The van der Waals surface area contributed by atoms with E-state index in [0.717, 1.165) is 49.5 Å². The lowest BCUT2D eigenvalue weighted by Crippen LogP contribution is -2.30. The van der Waals surface area contributed by atoms with Crippen LogP contribution in [0.15, 0.2) is 71.3 Å². The standard InChI is InChI=1S/C24H20NO/c1-15-12-13-25(3)22(14-15)18-10-11-20-21-9-8-17-6-4-5-7-19(17)24(21)26-23(20)16(18)2/h4-14H,1-3H3/q+1/i1D3. The fraction of sp³-hybridized carbons (Fsp3) is 0.125. The average Bonchev–Trinajstić information content (AvgIpc) is 3.08. The number of benzene rings is 3. The van der Waals surface area contributed by atoms with Gasteiger partial charge in [-0.15, -0.1) is 0 Å². The van der Waals surface area contributed by atoms with Crippen LogP contribution < -0.4 is 4.57 Å². The van der Waals surface area contributed by atoms with E-state index in [0.29, 0.717) is 5.56 Å². The molecule has 2 heteroatoms. The van der Waals surface area contributed by atoms with Crippen molar-refractivity contribution in [1.82, 2.24) is 0 Å². The summed E-state index contributed by atoms with van der Waals surface area (Å²) in [6, 6.07) is 20.0. The maximum absolute atomic E-state index is 7.74. The highest BCUT2D eigenvalue weighted by molar-refractivity contribution is 6.15. The lowest BCUT2D eigenvalue weighted by Gasteiger charge is -2.05. The number of rotatable bonds is 1. The normalized spacial score (nSPS) is 13.8. The topological polar surface area (TPSA) is 17.0 Å². The van der Waals surface area contributed by atoms with Gasteiger partial charge in [-0.1, -0.05) is 30.3 Å². The first-order valence-electron chi connectivity index (χ1n) is 10.2. The van der Waals surface area contributed by atoms with E-state index in [2.05, 4.69) is 36.4 Å². The van der Waals surface area contributed by atoms with Gasteiger partial charge in [0.25, 0.3) is 0 Å². The SMILES string of the molecule is [2H]C([2H])([2H])c1cc[n+](C)c(-c2ccc3c(oc4c5ccccc5ccc34)c2C)c1. The van der Waals surface area contributed by atoms with Crippen LogP contribution in [0.4, 0.5) is 0 Å². The lowest BCUT2D eigenvalue weighted by molar-refractivity contribution is -0.660. The van der Waals surface area contributed by atoms with E-state index in [4.69, 9.17) is 8.53 Å². The molecule has 0 aliphatic heterocycles. The molecule has 2 aromatic heterocycles. The van der Waals surface area contributed by atoms with Gasteiger partial charge in [-0.05, 0) is 42.9 Å². The van der Waals surface area contributed by atoms with Crippen molar-refractivity contribution in [2.75, 3.05) is 0 Å². The molecule has 0 amide bonds. The van der Waals surface area contributed by atoms with Gasteiger partial charge in [-0.3, -0.25) is 0 Å². The van der Waals surface area contributed by atoms with Crippen molar-refractivity contribution >= 4 is 32.7 Å². The fourth-order valence-electron chi connectivity index (χ4n) is 3.82. The predicted octanol–water partition coefficient (Wildman–Crippen LogP) is 5.85. The predicted molar refractivity (Wildman–Crippen MR) is 107 cm³/mol. The maximum atomic E-state index is 7.74. The molecule has 3 aromatic carbocycles. The zero-order chi connectivity index (χ0) is 20.3. The highest BCUT2D eigenvalue weighted by Gasteiger charge is 2.18. The van der Waals surface area contributed by atoms with Gasteiger partial charge in [-0.25, -0.2) is 4.57 Å². The molecule has 0 radical (unpaired) electrons. The number of aryl methyl sites for hydroxylation is 3. The van der Waals surface area contributed by atoms with E-state index in [1.54, 1.807) is 18.3 Å². The van der Waals surface area contributed by atoms with Gasteiger partial charge < -0.3 is 4.42 Å². The molecule has 0 atom stereocenters. The molecule has 0 N–H and O–H groups in total. The third-order valence-corrected chi connectivity index (χ3v) is 5.21. The number of hydrogen-bond donors (Lipinski definition) is 0. The minimum Gasteiger partial charge on any atom is -0.455 e. The highest BCUT2D eigenvalue weighted by atomic mass is 16.3. The average molecular weight is 341 g/mol. The van der Waals surface area contributed by atoms with E-state index < -0.39 is 6.85 Å². The molecule has 0 aliphatic carbocycles. The van der Waals surface area contributed by atoms with Gasteiger partial charge in [0.1, 0.15) is 18.2 Å². The first-order chi connectivity index (χ1) is 13.8. The summed E-state index contributed by atoms with van der Waals surface area (Å²) in [5.41, 5.74) is 4.88. The lowest BCUT2D eigenvalue weighted by atomic mass is 9.99. The largest absolute Gasteiger partial charge is 0.455 e. The van der Waals surface area contributed by atoms with Crippen LogP contribution in [0.25, 0.3) is 44.0 Å². The minimum absolute atomic E-state index is 0.334. The van der Waals surface area contributed by atoms with Gasteiger partial charge in [0.2, 0.25) is 5.69 Å². The minimum atomic E-state index is -2.14. The summed E-state index contributed by atoms with van der Waals surface area (Å²) in [6.45, 7) is -0.108. The molecule has 0 saturated heterocycles. The van der Waals surface area contributed by atoms with Crippen LogP contribution in [0.2, 0.25) is 0 Å². The Bertz CT molecular complexity index is 1410. The molecule has 0 spiro atoms. The summed E-state index contributed by atoms with van der Waals surface area (Å²) in [4.78, 5) is 0. The Hall–Kier alpha value is -3.13. The molecular weight excluding hydrogens is 318 g/mol. The Morgan fingerprint density at radius 2 is 1.69 bits per heavy atom. The van der Waals surface area contributed by atoms with Crippen LogP contribution in [0.1, 0.15) is 15.2 Å². The van der Waals surface area contributed by atoms with Crippen molar-refractivity contribution in [3.05, 3.63) is 78.0 Å². The van der Waals surface area contributed by atoms with Crippen LogP contribution in [-0.2, 0) is 7.05 Å². The number of furan rings is 1. The van der Waals surface area contributed by atoms with Gasteiger partial charge in [0.05, 0.1) is 5.56 Å². The first kappa shape index (κ1) is 12.3. The maximum Gasteiger partial charge on any atom is 0.212 e. The number of hydrogen-bond acceptors (Lipinski definition) is 1. The first-order valence-corrected chi connectivity index (χ1v) is 8.69. The summed E-state index contributed by atoms with van der Waals surface area (Å²) < 4.78 is 31.5. The molecule has 5 aromatic rings. The Morgan fingerprint density at radius 3 is 2.58 bits per heavy atom. The molecule has 0 aliphatic rings. The van der Waals surface area contributed by atoms with Gasteiger partial charge in [0, 0.05) is 38.0 Å². The van der Waals surface area contributed by atoms with Crippen molar-refractivity contribution in [3.63, 3.8) is 0 Å². The van der Waals surface area contributed by atoms with Crippen LogP contribution >= 0.6 is 0 Å². The van der Waals surface area contributed by atoms with Crippen LogP contribution in [0.3, 0.4) is 0 Å². The van der Waals surface area contributed by atoms with E-state index in [1.807, 2.05) is 30.7 Å².